The molecule has 1 nitrogen and oxygen atoms in total. The van der Waals surface area contributed by atoms with Gasteiger partial charge in [-0.3, -0.25) is 0 Å². The van der Waals surface area contributed by atoms with Crippen LogP contribution < -0.4 is 0 Å². The van der Waals surface area contributed by atoms with Crippen LogP contribution in [0.5, 0.6) is 0 Å². The van der Waals surface area contributed by atoms with E-state index in [9.17, 15) is 17.6 Å². The normalized spacial score (nSPS) is 23.6. The second-order valence-corrected chi connectivity index (χ2v) is 8.72. The molecule has 1 saturated heterocycles. The molecule has 1 atom stereocenters. The molecule has 0 radical (unpaired) electrons. The number of alkyl halides is 2. The molecule has 2 aromatic rings. The van der Waals surface area contributed by atoms with Crippen molar-refractivity contribution in [3.05, 3.63) is 64.7 Å². The van der Waals surface area contributed by atoms with Crippen molar-refractivity contribution < 1.29 is 22.3 Å². The molecule has 31 heavy (non-hydrogen) atoms. The van der Waals surface area contributed by atoms with Crippen LogP contribution in [0.1, 0.15) is 74.7 Å². The molecule has 1 unspecified atom stereocenters. The van der Waals surface area contributed by atoms with Crippen LogP contribution in [0.2, 0.25) is 0 Å². The van der Waals surface area contributed by atoms with Gasteiger partial charge in [0.1, 0.15) is 17.7 Å². The molecule has 1 aliphatic heterocycles. The summed E-state index contributed by atoms with van der Waals surface area (Å²) < 4.78 is 61.7. The van der Waals surface area contributed by atoms with Crippen molar-refractivity contribution >= 4 is 6.08 Å². The smallest absolute Gasteiger partial charge is 0.267 e. The highest BCUT2D eigenvalue weighted by Crippen LogP contribution is 2.40. The lowest BCUT2D eigenvalue weighted by Gasteiger charge is -2.26. The molecule has 1 saturated carbocycles. The van der Waals surface area contributed by atoms with Crippen molar-refractivity contribution in [2.75, 3.05) is 6.61 Å². The molecule has 0 N–H and O–H groups in total. The monoisotopic (exact) mass is 432 g/mol. The van der Waals surface area contributed by atoms with Crippen molar-refractivity contribution in [3.8, 4) is 11.1 Å². The standard InChI is InChI=1S/C26H28F4O/c1-2-3-16-4-6-17(7-5-16)8-9-18-10-11-19(14-22(18)27)20-12-13-21(23-15-31-23)25(28)24(20)26(29)30/h8-14,16-17,23,26H,2-7,15H2,1H3/b9-8+. The Labute approximate surface area is 181 Å². The minimum atomic E-state index is -3.00. The van der Waals surface area contributed by atoms with Crippen LogP contribution >= 0.6 is 0 Å². The number of rotatable bonds is 7. The van der Waals surface area contributed by atoms with Crippen LogP contribution in [0.4, 0.5) is 17.6 Å². The van der Waals surface area contributed by atoms with Gasteiger partial charge >= 0.3 is 0 Å². The first kappa shape index (κ1) is 22.1. The van der Waals surface area contributed by atoms with E-state index in [0.717, 1.165) is 18.8 Å². The lowest BCUT2D eigenvalue weighted by molar-refractivity contribution is 0.146. The number of epoxide rings is 1. The quantitative estimate of drug-likeness (QED) is 0.317. The second kappa shape index (κ2) is 9.56. The Balaban J connectivity index is 1.52. The van der Waals surface area contributed by atoms with Crippen LogP contribution in [-0.2, 0) is 4.74 Å². The first-order valence-electron chi connectivity index (χ1n) is 11.2. The summed E-state index contributed by atoms with van der Waals surface area (Å²) in [7, 11) is 0. The summed E-state index contributed by atoms with van der Waals surface area (Å²) in [6.07, 6.45) is 7.55. The van der Waals surface area contributed by atoms with Crippen molar-refractivity contribution in [2.24, 2.45) is 11.8 Å². The predicted molar refractivity (Wildman–Crippen MR) is 115 cm³/mol. The topological polar surface area (TPSA) is 12.5 Å². The molecule has 0 aromatic heterocycles. The van der Waals surface area contributed by atoms with E-state index in [2.05, 4.69) is 13.0 Å². The summed E-state index contributed by atoms with van der Waals surface area (Å²) in [4.78, 5) is 0. The molecule has 2 fully saturated rings. The maximum Gasteiger partial charge on any atom is 0.267 e. The lowest BCUT2D eigenvalue weighted by Crippen LogP contribution is -2.12. The third kappa shape index (κ3) is 5.03. The molecule has 0 amide bonds. The van der Waals surface area contributed by atoms with Gasteiger partial charge in [-0.2, -0.15) is 0 Å². The van der Waals surface area contributed by atoms with E-state index < -0.39 is 29.7 Å². The minimum absolute atomic E-state index is 0.0144. The van der Waals surface area contributed by atoms with Gasteiger partial charge in [0.15, 0.2) is 0 Å². The van der Waals surface area contributed by atoms with E-state index in [0.29, 0.717) is 18.1 Å². The molecule has 166 valence electrons. The van der Waals surface area contributed by atoms with Gasteiger partial charge in [-0.15, -0.1) is 0 Å². The highest BCUT2D eigenvalue weighted by Gasteiger charge is 2.32. The Bertz CT molecular complexity index is 941. The van der Waals surface area contributed by atoms with Crippen molar-refractivity contribution in [1.82, 2.24) is 0 Å². The third-order valence-electron chi connectivity index (χ3n) is 6.56. The zero-order valence-corrected chi connectivity index (χ0v) is 17.7. The summed E-state index contributed by atoms with van der Waals surface area (Å²) in [6.45, 7) is 2.54. The number of hydrogen-bond acceptors (Lipinski definition) is 1. The first-order chi connectivity index (χ1) is 15.0. The molecule has 0 spiro atoms. The number of hydrogen-bond donors (Lipinski definition) is 0. The fraction of sp³-hybridized carbons (Fsp3) is 0.462. The maximum absolute atomic E-state index is 14.8. The van der Waals surface area contributed by atoms with Gasteiger partial charge in [-0.1, -0.05) is 56.2 Å². The fourth-order valence-electron chi connectivity index (χ4n) is 4.70. The molecule has 1 heterocycles. The van der Waals surface area contributed by atoms with E-state index in [1.807, 2.05) is 0 Å². The summed E-state index contributed by atoms with van der Waals surface area (Å²) in [5.74, 6) is -0.196. The van der Waals surface area contributed by atoms with Gasteiger partial charge in [0.25, 0.3) is 6.43 Å². The highest BCUT2D eigenvalue weighted by atomic mass is 19.3. The predicted octanol–water partition coefficient (Wildman–Crippen LogP) is 8.26. The molecule has 1 aliphatic carbocycles. The van der Waals surface area contributed by atoms with Crippen molar-refractivity contribution in [3.63, 3.8) is 0 Å². The van der Waals surface area contributed by atoms with E-state index in [-0.39, 0.29) is 16.7 Å². The molecule has 5 heteroatoms. The SMILES string of the molecule is CCCC1CCC(/C=C/c2ccc(-c3ccc(C4CO4)c(F)c3C(F)F)cc2F)CC1. The van der Waals surface area contributed by atoms with E-state index in [1.54, 1.807) is 18.2 Å². The number of benzene rings is 2. The number of halogens is 4. The molecule has 0 bridgehead atoms. The van der Waals surface area contributed by atoms with Crippen LogP contribution in [0.25, 0.3) is 17.2 Å². The summed E-state index contributed by atoms with van der Waals surface area (Å²) in [6, 6.07) is 7.25. The zero-order valence-electron chi connectivity index (χ0n) is 17.7. The fourth-order valence-corrected chi connectivity index (χ4v) is 4.70. The highest BCUT2D eigenvalue weighted by molar-refractivity contribution is 5.70. The van der Waals surface area contributed by atoms with Crippen LogP contribution in [0.15, 0.2) is 36.4 Å². The summed E-state index contributed by atoms with van der Waals surface area (Å²) >= 11 is 0. The average molecular weight is 433 g/mol. The number of allylic oxidation sites excluding steroid dienone is 1. The Kier molecular flexibility index (Phi) is 6.80. The van der Waals surface area contributed by atoms with Gasteiger partial charge in [0.05, 0.1) is 12.2 Å². The van der Waals surface area contributed by atoms with Crippen LogP contribution in [0.3, 0.4) is 0 Å². The third-order valence-corrected chi connectivity index (χ3v) is 6.56. The van der Waals surface area contributed by atoms with E-state index in [1.165, 1.54) is 43.9 Å². The molecular weight excluding hydrogens is 404 g/mol. The molecular formula is C26H28F4O. The average Bonchev–Trinajstić information content (AvgIpc) is 3.59. The maximum atomic E-state index is 14.8. The Morgan fingerprint density at radius 2 is 1.81 bits per heavy atom. The van der Waals surface area contributed by atoms with E-state index in [4.69, 9.17) is 4.74 Å². The number of ether oxygens (including phenoxy) is 1. The molecule has 4 rings (SSSR count). The van der Waals surface area contributed by atoms with Crippen LogP contribution in [-0.4, -0.2) is 6.61 Å². The lowest BCUT2D eigenvalue weighted by atomic mass is 9.80. The zero-order chi connectivity index (χ0) is 22.0. The van der Waals surface area contributed by atoms with Gasteiger partial charge < -0.3 is 4.74 Å². The molecule has 2 aromatic carbocycles. The first-order valence-corrected chi connectivity index (χ1v) is 11.2. The Morgan fingerprint density at radius 1 is 1.06 bits per heavy atom. The van der Waals surface area contributed by atoms with Gasteiger partial charge in [0.2, 0.25) is 0 Å². The molecule has 2 aliphatic rings. The van der Waals surface area contributed by atoms with E-state index >= 15 is 0 Å². The second-order valence-electron chi connectivity index (χ2n) is 8.72. The van der Waals surface area contributed by atoms with Crippen molar-refractivity contribution in [1.29, 1.82) is 0 Å². The summed E-state index contributed by atoms with van der Waals surface area (Å²) in [5, 5.41) is 0. The van der Waals surface area contributed by atoms with Crippen molar-refractivity contribution in [2.45, 2.75) is 58.0 Å². The van der Waals surface area contributed by atoms with Gasteiger partial charge in [0, 0.05) is 11.1 Å². The largest absolute Gasteiger partial charge is 0.368 e. The summed E-state index contributed by atoms with van der Waals surface area (Å²) in [5.41, 5.74) is 0.113. The Hall–Kier alpha value is -2.14. The minimum Gasteiger partial charge on any atom is -0.368 e. The van der Waals surface area contributed by atoms with Crippen LogP contribution in [0, 0.1) is 23.5 Å². The Morgan fingerprint density at radius 3 is 2.42 bits per heavy atom. The van der Waals surface area contributed by atoms with Gasteiger partial charge in [-0.25, -0.2) is 17.6 Å². The van der Waals surface area contributed by atoms with Gasteiger partial charge in [-0.05, 0) is 54.7 Å².